The van der Waals surface area contributed by atoms with Gasteiger partial charge in [-0.25, -0.2) is 0 Å². The lowest BCUT2D eigenvalue weighted by Crippen LogP contribution is -2.34. The first kappa shape index (κ1) is 20.4. The molecule has 0 aliphatic carbocycles. The first-order chi connectivity index (χ1) is 13.3. The van der Waals surface area contributed by atoms with Crippen molar-refractivity contribution in [1.82, 2.24) is 10.2 Å². The summed E-state index contributed by atoms with van der Waals surface area (Å²) in [6, 6.07) is 15.6. The van der Waals surface area contributed by atoms with E-state index in [9.17, 15) is 4.79 Å². The van der Waals surface area contributed by atoms with E-state index in [1.807, 2.05) is 52.2 Å². The molecule has 1 N–H and O–H groups in total. The molecule has 148 valence electrons. The molecule has 1 heterocycles. The predicted octanol–water partition coefficient (Wildman–Crippen LogP) is 5.02. The number of benzene rings is 2. The second kappa shape index (κ2) is 8.80. The van der Waals surface area contributed by atoms with Crippen LogP contribution in [0, 0.1) is 0 Å². The normalized spacial score (nSPS) is 12.5. The summed E-state index contributed by atoms with van der Waals surface area (Å²) in [7, 11) is 4.01. The zero-order valence-electron chi connectivity index (χ0n) is 16.5. The van der Waals surface area contributed by atoms with Crippen LogP contribution in [-0.2, 0) is 0 Å². The van der Waals surface area contributed by atoms with Crippen LogP contribution in [-0.4, -0.2) is 37.6 Å². The van der Waals surface area contributed by atoms with Gasteiger partial charge in [0.25, 0.3) is 5.91 Å². The van der Waals surface area contributed by atoms with E-state index in [4.69, 9.17) is 9.15 Å². The molecule has 0 spiro atoms. The largest absolute Gasteiger partial charge is 0.490 e. The number of nitrogens with one attached hydrogen (secondary N) is 1. The molecule has 1 amide bonds. The summed E-state index contributed by atoms with van der Waals surface area (Å²) in [5.41, 5.74) is 2.28. The monoisotopic (exact) mass is 444 g/mol. The lowest BCUT2D eigenvalue weighted by Gasteiger charge is -2.25. The second-order valence-corrected chi connectivity index (χ2v) is 7.99. The predicted molar refractivity (Wildman–Crippen MR) is 115 cm³/mol. The molecule has 5 nitrogen and oxygen atoms in total. The van der Waals surface area contributed by atoms with Crippen LogP contribution >= 0.6 is 15.9 Å². The molecule has 3 rings (SSSR count). The number of hydrogen-bond acceptors (Lipinski definition) is 4. The first-order valence-corrected chi connectivity index (χ1v) is 10.0. The highest BCUT2D eigenvalue weighted by atomic mass is 79.9. The van der Waals surface area contributed by atoms with Gasteiger partial charge in [0, 0.05) is 18.2 Å². The number of likely N-dealkylation sites (N-methyl/N-ethyl adjacent to an activating group) is 1. The van der Waals surface area contributed by atoms with Crippen molar-refractivity contribution in [3.63, 3.8) is 0 Å². The third-order valence-electron chi connectivity index (χ3n) is 4.46. The van der Waals surface area contributed by atoms with Crippen LogP contribution in [0.15, 0.2) is 57.6 Å². The number of furan rings is 1. The highest BCUT2D eigenvalue weighted by molar-refractivity contribution is 9.10. The molecule has 1 unspecified atom stereocenters. The molecule has 0 saturated carbocycles. The molecular weight excluding hydrogens is 420 g/mol. The van der Waals surface area contributed by atoms with Gasteiger partial charge in [-0.05, 0) is 61.6 Å². The Hall–Kier alpha value is -2.31. The highest BCUT2D eigenvalue weighted by Crippen LogP contribution is 2.33. The molecule has 0 aliphatic rings. The molecule has 0 saturated heterocycles. The maximum atomic E-state index is 12.9. The molecule has 28 heavy (non-hydrogen) atoms. The number of nitrogens with zero attached hydrogens (tertiary/aromatic N) is 1. The first-order valence-electron chi connectivity index (χ1n) is 9.24. The van der Waals surface area contributed by atoms with Gasteiger partial charge in [-0.1, -0.05) is 30.3 Å². The standard InChI is InChI=1S/C22H25BrN2O3/c1-14(2)27-19-10-16(11-20-17(19)12-21(23)28-20)22(26)24-13-18(25(3)4)15-8-6-5-7-9-15/h5-12,14,18H,13H2,1-4H3,(H,24,26). The van der Waals surface area contributed by atoms with Crippen molar-refractivity contribution < 1.29 is 13.9 Å². The summed E-state index contributed by atoms with van der Waals surface area (Å²) in [4.78, 5) is 14.9. The van der Waals surface area contributed by atoms with Gasteiger partial charge in [0.1, 0.15) is 11.3 Å². The van der Waals surface area contributed by atoms with Crippen molar-refractivity contribution in [2.75, 3.05) is 20.6 Å². The van der Waals surface area contributed by atoms with Crippen LogP contribution in [0.3, 0.4) is 0 Å². The number of carbonyl (C=O) groups excluding carboxylic acids is 1. The zero-order valence-corrected chi connectivity index (χ0v) is 18.1. The van der Waals surface area contributed by atoms with Gasteiger partial charge >= 0.3 is 0 Å². The molecule has 0 bridgehead atoms. The number of carbonyl (C=O) groups is 1. The second-order valence-electron chi connectivity index (χ2n) is 7.20. The Morgan fingerprint density at radius 3 is 2.54 bits per heavy atom. The van der Waals surface area contributed by atoms with Crippen molar-refractivity contribution in [3.05, 3.63) is 64.3 Å². The molecule has 1 atom stereocenters. The van der Waals surface area contributed by atoms with Crippen LogP contribution in [0.1, 0.15) is 35.8 Å². The fourth-order valence-electron chi connectivity index (χ4n) is 3.12. The Balaban J connectivity index is 1.82. The summed E-state index contributed by atoms with van der Waals surface area (Å²) in [5.74, 6) is 0.477. The topological polar surface area (TPSA) is 54.7 Å². The van der Waals surface area contributed by atoms with Crippen LogP contribution in [0.4, 0.5) is 0 Å². The van der Waals surface area contributed by atoms with E-state index in [1.165, 1.54) is 0 Å². The minimum atomic E-state index is -0.161. The fraction of sp³-hybridized carbons (Fsp3) is 0.318. The molecule has 0 aliphatic heterocycles. The lowest BCUT2D eigenvalue weighted by atomic mass is 10.1. The van der Waals surface area contributed by atoms with Crippen LogP contribution in [0.25, 0.3) is 11.0 Å². The van der Waals surface area contributed by atoms with Crippen molar-refractivity contribution >= 4 is 32.8 Å². The van der Waals surface area contributed by atoms with Gasteiger partial charge in [0.2, 0.25) is 0 Å². The van der Waals surface area contributed by atoms with Crippen molar-refractivity contribution in [1.29, 1.82) is 0 Å². The fourth-order valence-corrected chi connectivity index (χ4v) is 3.53. The van der Waals surface area contributed by atoms with Crippen LogP contribution in [0.2, 0.25) is 0 Å². The van der Waals surface area contributed by atoms with Gasteiger partial charge in [-0.15, -0.1) is 0 Å². The summed E-state index contributed by atoms with van der Waals surface area (Å²) in [6.45, 7) is 4.40. The Morgan fingerprint density at radius 1 is 1.18 bits per heavy atom. The van der Waals surface area contributed by atoms with Gasteiger partial charge < -0.3 is 19.4 Å². The van der Waals surface area contributed by atoms with Crippen LogP contribution < -0.4 is 10.1 Å². The average molecular weight is 445 g/mol. The quantitative estimate of drug-likeness (QED) is 0.555. The van der Waals surface area contributed by atoms with Crippen molar-refractivity contribution in [3.8, 4) is 5.75 Å². The molecular formula is C22H25BrN2O3. The molecule has 0 fully saturated rings. The molecule has 3 aromatic rings. The Kier molecular flexibility index (Phi) is 6.42. The Morgan fingerprint density at radius 2 is 1.89 bits per heavy atom. The average Bonchev–Trinajstić information content (AvgIpc) is 3.02. The van der Waals surface area contributed by atoms with E-state index in [-0.39, 0.29) is 18.1 Å². The minimum absolute atomic E-state index is 0.00797. The highest BCUT2D eigenvalue weighted by Gasteiger charge is 2.18. The lowest BCUT2D eigenvalue weighted by molar-refractivity contribution is 0.0941. The maximum Gasteiger partial charge on any atom is 0.251 e. The number of ether oxygens (including phenoxy) is 1. The van der Waals surface area contributed by atoms with E-state index in [2.05, 4.69) is 38.3 Å². The van der Waals surface area contributed by atoms with E-state index >= 15 is 0 Å². The van der Waals surface area contributed by atoms with Gasteiger partial charge in [0.15, 0.2) is 4.67 Å². The van der Waals surface area contributed by atoms with Gasteiger partial charge in [0.05, 0.1) is 17.5 Å². The van der Waals surface area contributed by atoms with Crippen molar-refractivity contribution in [2.24, 2.45) is 0 Å². The van der Waals surface area contributed by atoms with E-state index in [0.717, 1.165) is 10.9 Å². The zero-order chi connectivity index (χ0) is 20.3. The van der Waals surface area contributed by atoms with Crippen molar-refractivity contribution in [2.45, 2.75) is 26.0 Å². The van der Waals surface area contributed by atoms with E-state index in [0.29, 0.717) is 28.1 Å². The number of fused-ring (bicyclic) bond motifs is 1. The number of amides is 1. The third-order valence-corrected chi connectivity index (χ3v) is 4.85. The summed E-state index contributed by atoms with van der Waals surface area (Å²) in [5, 5.41) is 3.88. The van der Waals surface area contributed by atoms with E-state index in [1.54, 1.807) is 12.1 Å². The van der Waals surface area contributed by atoms with Gasteiger partial charge in [-0.2, -0.15) is 0 Å². The molecule has 2 aromatic carbocycles. The number of hydrogen-bond donors (Lipinski definition) is 1. The Bertz CT molecular complexity index is 951. The van der Waals surface area contributed by atoms with E-state index < -0.39 is 0 Å². The maximum absolute atomic E-state index is 12.9. The van der Waals surface area contributed by atoms with Crippen LogP contribution in [0.5, 0.6) is 5.75 Å². The molecule has 0 radical (unpaired) electrons. The Labute approximate surface area is 173 Å². The number of halogens is 1. The summed E-state index contributed by atoms with van der Waals surface area (Å²) in [6.07, 6.45) is -0.00797. The molecule has 6 heteroatoms. The third kappa shape index (κ3) is 4.75. The summed E-state index contributed by atoms with van der Waals surface area (Å²) >= 11 is 3.35. The number of rotatable bonds is 7. The minimum Gasteiger partial charge on any atom is -0.490 e. The van der Waals surface area contributed by atoms with Gasteiger partial charge in [-0.3, -0.25) is 4.79 Å². The molecule has 1 aromatic heterocycles. The summed E-state index contributed by atoms with van der Waals surface area (Å²) < 4.78 is 12.2. The SMILES string of the molecule is CC(C)Oc1cc(C(=O)NCC(c2ccccc2)N(C)C)cc2oc(Br)cc12. The smallest absolute Gasteiger partial charge is 0.251 e.